The van der Waals surface area contributed by atoms with Crippen molar-refractivity contribution in [3.63, 3.8) is 0 Å². The summed E-state index contributed by atoms with van der Waals surface area (Å²) in [6.45, 7) is 7.82. The van der Waals surface area contributed by atoms with Gasteiger partial charge in [0.15, 0.2) is 10.8 Å². The number of rotatable bonds is 4. The Kier molecular flexibility index (Phi) is 5.80. The Bertz CT molecular complexity index is 856. The van der Waals surface area contributed by atoms with Crippen LogP contribution in [0.5, 0.6) is 0 Å². The monoisotopic (exact) mass is 404 g/mol. The van der Waals surface area contributed by atoms with Crippen LogP contribution < -0.4 is 5.32 Å². The van der Waals surface area contributed by atoms with Gasteiger partial charge in [0, 0.05) is 45.3 Å². The number of benzene rings is 1. The lowest BCUT2D eigenvalue weighted by Gasteiger charge is -2.32. The molecule has 2 aliphatic rings. The molecule has 1 unspecified atom stereocenters. The Labute approximate surface area is 169 Å². The van der Waals surface area contributed by atoms with Crippen molar-refractivity contribution in [1.82, 2.24) is 20.1 Å². The van der Waals surface area contributed by atoms with E-state index in [1.165, 1.54) is 24.2 Å². The molecule has 0 saturated carbocycles. The van der Waals surface area contributed by atoms with Crippen molar-refractivity contribution in [1.29, 1.82) is 0 Å². The number of likely N-dealkylation sites (tertiary alicyclic amines) is 1. The topological polar surface area (TPSA) is 44.5 Å². The molecular weight excluding hydrogens is 380 g/mol. The molecule has 3 aromatic rings. The minimum Gasteiger partial charge on any atom is -0.457 e. The van der Waals surface area contributed by atoms with Gasteiger partial charge in [0.2, 0.25) is 0 Å². The number of aromatic nitrogens is 1. The highest BCUT2D eigenvalue weighted by Crippen LogP contribution is 2.31. The Morgan fingerprint density at radius 1 is 1.11 bits per heavy atom. The van der Waals surface area contributed by atoms with Crippen molar-refractivity contribution in [2.75, 3.05) is 39.3 Å². The number of para-hydroxylation sites is 1. The summed E-state index contributed by atoms with van der Waals surface area (Å²) in [6, 6.07) is 13.1. The Morgan fingerprint density at radius 3 is 2.81 bits per heavy atom. The lowest BCUT2D eigenvalue weighted by Crippen LogP contribution is -2.49. The van der Waals surface area contributed by atoms with Crippen LogP contribution >= 0.6 is 23.7 Å². The van der Waals surface area contributed by atoms with E-state index in [1.54, 1.807) is 11.3 Å². The molecule has 0 radical (unpaired) electrons. The third-order valence-corrected chi connectivity index (χ3v) is 6.51. The molecule has 144 valence electrons. The van der Waals surface area contributed by atoms with Crippen LogP contribution in [0.15, 0.2) is 40.8 Å². The van der Waals surface area contributed by atoms with E-state index in [4.69, 9.17) is 9.40 Å². The summed E-state index contributed by atoms with van der Waals surface area (Å²) in [4.78, 5) is 9.87. The zero-order valence-corrected chi connectivity index (χ0v) is 16.9. The van der Waals surface area contributed by atoms with Gasteiger partial charge in [-0.3, -0.25) is 9.80 Å². The van der Waals surface area contributed by atoms with Gasteiger partial charge in [0.25, 0.3) is 0 Å². The van der Waals surface area contributed by atoms with Crippen LogP contribution in [0.2, 0.25) is 0 Å². The van der Waals surface area contributed by atoms with E-state index in [0.717, 1.165) is 54.8 Å². The molecule has 0 amide bonds. The number of thiazole rings is 1. The first-order valence-electron chi connectivity index (χ1n) is 9.47. The number of hydrogen-bond donors (Lipinski definition) is 1. The van der Waals surface area contributed by atoms with Crippen molar-refractivity contribution < 1.29 is 4.42 Å². The summed E-state index contributed by atoms with van der Waals surface area (Å²) in [6.07, 6.45) is 1.27. The molecule has 5 rings (SSSR count). The van der Waals surface area contributed by atoms with Crippen LogP contribution in [-0.4, -0.2) is 60.1 Å². The van der Waals surface area contributed by atoms with E-state index in [1.807, 2.05) is 6.07 Å². The molecule has 2 saturated heterocycles. The summed E-state index contributed by atoms with van der Waals surface area (Å²) in [5, 5.41) is 4.41. The number of fused-ring (bicyclic) bond motifs is 1. The molecule has 27 heavy (non-hydrogen) atoms. The Morgan fingerprint density at radius 2 is 1.96 bits per heavy atom. The maximum Gasteiger partial charge on any atom is 0.163 e. The lowest BCUT2D eigenvalue weighted by molar-refractivity contribution is 0.168. The van der Waals surface area contributed by atoms with E-state index >= 15 is 0 Å². The van der Waals surface area contributed by atoms with Crippen LogP contribution in [0.1, 0.15) is 12.2 Å². The average molecular weight is 405 g/mol. The summed E-state index contributed by atoms with van der Waals surface area (Å²) >= 11 is 1.69. The van der Waals surface area contributed by atoms with Gasteiger partial charge < -0.3 is 9.73 Å². The maximum absolute atomic E-state index is 6.12. The quantitative estimate of drug-likeness (QED) is 0.721. The highest BCUT2D eigenvalue weighted by molar-refractivity contribution is 7.21. The first-order chi connectivity index (χ1) is 12.8. The van der Waals surface area contributed by atoms with Gasteiger partial charge in [-0.05, 0) is 30.7 Å². The van der Waals surface area contributed by atoms with Gasteiger partial charge in [-0.25, -0.2) is 4.98 Å². The predicted molar refractivity (Wildman–Crippen MR) is 113 cm³/mol. The molecular formula is C20H25ClN4OS. The normalized spacial score (nSPS) is 21.6. The fourth-order valence-electron chi connectivity index (χ4n) is 4.08. The second-order valence-electron chi connectivity index (χ2n) is 7.22. The predicted octanol–water partition coefficient (Wildman–Crippen LogP) is 3.46. The minimum atomic E-state index is 0. The molecule has 7 heteroatoms. The first kappa shape index (κ1) is 18.9. The second-order valence-corrected chi connectivity index (χ2v) is 8.25. The van der Waals surface area contributed by atoms with Crippen molar-refractivity contribution in [3.05, 3.63) is 42.2 Å². The van der Waals surface area contributed by atoms with Crippen molar-refractivity contribution in [3.8, 4) is 10.8 Å². The van der Waals surface area contributed by atoms with E-state index in [0.29, 0.717) is 6.04 Å². The average Bonchev–Trinajstić information content (AvgIpc) is 3.42. The van der Waals surface area contributed by atoms with E-state index < -0.39 is 0 Å². The van der Waals surface area contributed by atoms with Crippen molar-refractivity contribution in [2.45, 2.75) is 19.0 Å². The lowest BCUT2D eigenvalue weighted by atomic mass is 10.2. The number of nitrogens with zero attached hydrogens (tertiary/aromatic N) is 3. The van der Waals surface area contributed by atoms with Crippen LogP contribution in [0.25, 0.3) is 21.0 Å². The maximum atomic E-state index is 6.12. The Balaban J connectivity index is 0.00000180. The third-order valence-electron chi connectivity index (χ3n) is 5.46. The second kappa shape index (κ2) is 8.29. The molecule has 1 aromatic carbocycles. The molecule has 0 bridgehead atoms. The molecule has 2 fully saturated rings. The SMILES string of the molecule is Cl.c1ccc2sc(-c3ccc(CN4CCC(N5CCNCC5)C4)o3)nc2c1. The van der Waals surface area contributed by atoms with Crippen molar-refractivity contribution in [2.24, 2.45) is 0 Å². The molecule has 0 spiro atoms. The number of piperazine rings is 1. The highest BCUT2D eigenvalue weighted by Gasteiger charge is 2.28. The fraction of sp³-hybridized carbons (Fsp3) is 0.450. The minimum absolute atomic E-state index is 0. The van der Waals surface area contributed by atoms with Crippen LogP contribution in [0.3, 0.4) is 0 Å². The van der Waals surface area contributed by atoms with Gasteiger partial charge in [-0.1, -0.05) is 12.1 Å². The zero-order chi connectivity index (χ0) is 17.3. The summed E-state index contributed by atoms with van der Waals surface area (Å²) in [5.41, 5.74) is 1.05. The molecule has 2 aromatic heterocycles. The summed E-state index contributed by atoms with van der Waals surface area (Å²) in [5.74, 6) is 1.93. The van der Waals surface area contributed by atoms with Gasteiger partial charge in [0.1, 0.15) is 5.76 Å². The van der Waals surface area contributed by atoms with Gasteiger partial charge in [-0.2, -0.15) is 0 Å². The number of halogens is 1. The fourth-order valence-corrected chi connectivity index (χ4v) is 5.00. The largest absolute Gasteiger partial charge is 0.457 e. The van der Waals surface area contributed by atoms with E-state index in [2.05, 4.69) is 45.4 Å². The zero-order valence-electron chi connectivity index (χ0n) is 15.3. The number of hydrogen-bond acceptors (Lipinski definition) is 6. The molecule has 5 nitrogen and oxygen atoms in total. The molecule has 2 aliphatic heterocycles. The van der Waals surface area contributed by atoms with E-state index in [9.17, 15) is 0 Å². The highest BCUT2D eigenvalue weighted by atomic mass is 35.5. The molecule has 4 heterocycles. The van der Waals surface area contributed by atoms with Crippen molar-refractivity contribution >= 4 is 34.0 Å². The standard InChI is InChI=1S/C20H24N4OS.ClH/c1-2-4-19-17(3-1)22-20(26-19)18-6-5-16(25-18)14-23-10-7-15(13-23)24-11-8-21-9-12-24;/h1-6,15,21H,7-14H2;1H. The smallest absolute Gasteiger partial charge is 0.163 e. The van der Waals surface area contributed by atoms with Crippen LogP contribution in [0.4, 0.5) is 0 Å². The number of nitrogens with one attached hydrogen (secondary N) is 1. The van der Waals surface area contributed by atoms with Crippen LogP contribution in [-0.2, 0) is 6.54 Å². The number of furan rings is 1. The Hall–Kier alpha value is -1.44. The van der Waals surface area contributed by atoms with Crippen LogP contribution in [0, 0.1) is 0 Å². The first-order valence-corrected chi connectivity index (χ1v) is 10.3. The third kappa shape index (κ3) is 4.05. The van der Waals surface area contributed by atoms with Gasteiger partial charge in [0.05, 0.1) is 16.8 Å². The van der Waals surface area contributed by atoms with Gasteiger partial charge in [-0.15, -0.1) is 23.7 Å². The summed E-state index contributed by atoms with van der Waals surface area (Å²) in [7, 11) is 0. The van der Waals surface area contributed by atoms with E-state index in [-0.39, 0.29) is 12.4 Å². The molecule has 0 aliphatic carbocycles. The summed E-state index contributed by atoms with van der Waals surface area (Å²) < 4.78 is 7.33. The molecule has 1 atom stereocenters. The van der Waals surface area contributed by atoms with Gasteiger partial charge >= 0.3 is 0 Å². The molecule has 1 N–H and O–H groups in total.